The minimum absolute atomic E-state index is 0.281. The van der Waals surface area contributed by atoms with E-state index in [1.54, 1.807) is 17.0 Å². The molecule has 0 saturated heterocycles. The molecule has 2 aromatic rings. The van der Waals surface area contributed by atoms with E-state index < -0.39 is 11.6 Å². The van der Waals surface area contributed by atoms with Crippen molar-refractivity contribution in [2.45, 2.75) is 64.5 Å². The van der Waals surface area contributed by atoms with Gasteiger partial charge in [0.1, 0.15) is 5.82 Å². The lowest BCUT2D eigenvalue weighted by Gasteiger charge is -2.35. The molecule has 1 aliphatic carbocycles. The first kappa shape index (κ1) is 19.4. The lowest BCUT2D eigenvalue weighted by Crippen LogP contribution is -2.47. The van der Waals surface area contributed by atoms with Crippen LogP contribution in [0.2, 0.25) is 0 Å². The summed E-state index contributed by atoms with van der Waals surface area (Å²) in [5, 5.41) is 0. The number of nitrogens with zero attached hydrogens (tertiary/aromatic N) is 3. The van der Waals surface area contributed by atoms with Gasteiger partial charge in [-0.1, -0.05) is 19.3 Å². The molecule has 146 valence electrons. The Labute approximate surface area is 160 Å². The summed E-state index contributed by atoms with van der Waals surface area (Å²) < 4.78 is 20.5. The maximum Gasteiger partial charge on any atom is 0.416 e. The van der Waals surface area contributed by atoms with Crippen molar-refractivity contribution in [2.24, 2.45) is 0 Å². The van der Waals surface area contributed by atoms with Crippen molar-refractivity contribution in [3.05, 3.63) is 36.3 Å². The van der Waals surface area contributed by atoms with E-state index in [1.807, 2.05) is 27.0 Å². The first-order valence-corrected chi connectivity index (χ1v) is 9.54. The third-order valence-electron chi connectivity index (χ3n) is 5.05. The number of benzene rings is 1. The molecule has 1 amide bonds. The standard InChI is InChI=1S/C21H28FN3O2/c1-21(2,3)25(20(26)27-4)19-23-18(15-10-12-16(22)13-11-15)14-24(19)17-8-6-5-7-9-17/h10-14,17H,5-9H2,1-4H3. The fourth-order valence-corrected chi connectivity index (χ4v) is 3.68. The van der Waals surface area contributed by atoms with Gasteiger partial charge < -0.3 is 9.30 Å². The van der Waals surface area contributed by atoms with Gasteiger partial charge in [0.2, 0.25) is 5.95 Å². The zero-order chi connectivity index (χ0) is 19.6. The topological polar surface area (TPSA) is 47.4 Å². The van der Waals surface area contributed by atoms with Crippen LogP contribution in [0.1, 0.15) is 58.9 Å². The highest BCUT2D eigenvalue weighted by Gasteiger charge is 2.34. The van der Waals surface area contributed by atoms with E-state index in [4.69, 9.17) is 9.72 Å². The summed E-state index contributed by atoms with van der Waals surface area (Å²) in [5.41, 5.74) is 1.06. The van der Waals surface area contributed by atoms with Gasteiger partial charge in [0.05, 0.1) is 12.8 Å². The van der Waals surface area contributed by atoms with E-state index in [-0.39, 0.29) is 5.82 Å². The molecule has 0 unspecified atom stereocenters. The summed E-state index contributed by atoms with van der Waals surface area (Å²) in [6.07, 6.45) is 7.25. The predicted octanol–water partition coefficient (Wildman–Crippen LogP) is 5.57. The van der Waals surface area contributed by atoms with Gasteiger partial charge in [-0.05, 0) is 57.9 Å². The Bertz CT molecular complexity index is 787. The largest absolute Gasteiger partial charge is 0.452 e. The van der Waals surface area contributed by atoms with Crippen LogP contribution in [-0.4, -0.2) is 28.3 Å². The Balaban J connectivity index is 2.11. The monoisotopic (exact) mass is 373 g/mol. The summed E-state index contributed by atoms with van der Waals surface area (Å²) in [6, 6.07) is 6.58. The number of hydrogen-bond donors (Lipinski definition) is 0. The number of ether oxygens (including phenoxy) is 1. The zero-order valence-corrected chi connectivity index (χ0v) is 16.5. The Morgan fingerprint density at radius 2 is 1.81 bits per heavy atom. The van der Waals surface area contributed by atoms with Gasteiger partial charge >= 0.3 is 6.09 Å². The number of hydrogen-bond acceptors (Lipinski definition) is 3. The Kier molecular flexibility index (Phi) is 5.53. The zero-order valence-electron chi connectivity index (χ0n) is 16.5. The van der Waals surface area contributed by atoms with E-state index in [9.17, 15) is 9.18 Å². The number of halogens is 1. The summed E-state index contributed by atoms with van der Waals surface area (Å²) >= 11 is 0. The van der Waals surface area contributed by atoms with Crippen molar-refractivity contribution in [3.8, 4) is 11.3 Å². The van der Waals surface area contributed by atoms with E-state index in [2.05, 4.69) is 4.57 Å². The number of imidazole rings is 1. The molecule has 1 fully saturated rings. The van der Waals surface area contributed by atoms with Crippen molar-refractivity contribution >= 4 is 12.0 Å². The number of aromatic nitrogens is 2. The van der Waals surface area contributed by atoms with Crippen LogP contribution in [0.5, 0.6) is 0 Å². The smallest absolute Gasteiger partial charge is 0.416 e. The fraction of sp³-hybridized carbons (Fsp3) is 0.524. The van der Waals surface area contributed by atoms with E-state index in [1.165, 1.54) is 38.5 Å². The first-order chi connectivity index (χ1) is 12.8. The van der Waals surface area contributed by atoms with Gasteiger partial charge in [-0.15, -0.1) is 0 Å². The third-order valence-corrected chi connectivity index (χ3v) is 5.05. The normalized spacial score (nSPS) is 15.6. The van der Waals surface area contributed by atoms with Crippen LogP contribution < -0.4 is 4.90 Å². The molecule has 0 radical (unpaired) electrons. The molecule has 0 aliphatic heterocycles. The SMILES string of the molecule is COC(=O)N(c1nc(-c2ccc(F)cc2)cn1C1CCCCC1)C(C)(C)C. The highest BCUT2D eigenvalue weighted by molar-refractivity contribution is 5.87. The minimum Gasteiger partial charge on any atom is -0.452 e. The van der Waals surface area contributed by atoms with Crippen LogP contribution in [0.3, 0.4) is 0 Å². The lowest BCUT2D eigenvalue weighted by molar-refractivity contribution is 0.171. The van der Waals surface area contributed by atoms with Crippen molar-refractivity contribution in [1.82, 2.24) is 9.55 Å². The maximum atomic E-state index is 13.3. The first-order valence-electron chi connectivity index (χ1n) is 9.54. The molecule has 3 rings (SSSR count). The molecule has 5 nitrogen and oxygen atoms in total. The maximum absolute atomic E-state index is 13.3. The second-order valence-corrected chi connectivity index (χ2v) is 8.11. The van der Waals surface area contributed by atoms with Gasteiger partial charge in [-0.3, -0.25) is 0 Å². The number of methoxy groups -OCH3 is 1. The number of rotatable bonds is 3. The van der Waals surface area contributed by atoms with Gasteiger partial charge in [0.15, 0.2) is 0 Å². The van der Waals surface area contributed by atoms with Crippen LogP contribution in [0.25, 0.3) is 11.3 Å². The molecule has 1 aromatic carbocycles. The molecule has 1 aliphatic rings. The van der Waals surface area contributed by atoms with Crippen LogP contribution >= 0.6 is 0 Å². The number of anilines is 1. The van der Waals surface area contributed by atoms with Crippen LogP contribution in [0.4, 0.5) is 15.1 Å². The summed E-state index contributed by atoms with van der Waals surface area (Å²) in [4.78, 5) is 19.0. The molecular weight excluding hydrogens is 345 g/mol. The average molecular weight is 373 g/mol. The fourth-order valence-electron chi connectivity index (χ4n) is 3.68. The highest BCUT2D eigenvalue weighted by Crippen LogP contribution is 2.36. The van der Waals surface area contributed by atoms with Crippen LogP contribution in [0.15, 0.2) is 30.5 Å². The minimum atomic E-state index is -0.495. The Hall–Kier alpha value is -2.37. The molecule has 0 bridgehead atoms. The molecule has 1 saturated carbocycles. The van der Waals surface area contributed by atoms with E-state index in [0.717, 1.165) is 24.1 Å². The third kappa shape index (κ3) is 4.15. The van der Waals surface area contributed by atoms with Gasteiger partial charge in [-0.25, -0.2) is 19.1 Å². The highest BCUT2D eigenvalue weighted by atomic mass is 19.1. The average Bonchev–Trinajstić information content (AvgIpc) is 3.06. The number of carbonyl (C=O) groups is 1. The molecule has 0 N–H and O–H groups in total. The molecule has 6 heteroatoms. The van der Waals surface area contributed by atoms with Gasteiger partial charge in [0, 0.05) is 23.3 Å². The van der Waals surface area contributed by atoms with Gasteiger partial charge in [-0.2, -0.15) is 0 Å². The van der Waals surface area contributed by atoms with Gasteiger partial charge in [0.25, 0.3) is 0 Å². The summed E-state index contributed by atoms with van der Waals surface area (Å²) in [5.74, 6) is 0.303. The second kappa shape index (κ2) is 7.71. The quantitative estimate of drug-likeness (QED) is 0.707. The Morgan fingerprint density at radius 1 is 1.19 bits per heavy atom. The summed E-state index contributed by atoms with van der Waals surface area (Å²) in [6.45, 7) is 5.88. The van der Waals surface area contributed by atoms with Crippen molar-refractivity contribution in [3.63, 3.8) is 0 Å². The molecule has 1 aromatic heterocycles. The Morgan fingerprint density at radius 3 is 2.37 bits per heavy atom. The van der Waals surface area contributed by atoms with Crippen LogP contribution in [0, 0.1) is 5.82 Å². The number of amides is 1. The molecular formula is C21H28FN3O2. The lowest BCUT2D eigenvalue weighted by atomic mass is 9.95. The predicted molar refractivity (Wildman–Crippen MR) is 104 cm³/mol. The molecule has 27 heavy (non-hydrogen) atoms. The molecule has 0 spiro atoms. The van der Waals surface area contributed by atoms with Crippen LogP contribution in [-0.2, 0) is 4.74 Å². The van der Waals surface area contributed by atoms with Crippen molar-refractivity contribution < 1.29 is 13.9 Å². The number of carbonyl (C=O) groups excluding carboxylic acids is 1. The summed E-state index contributed by atoms with van der Waals surface area (Å²) in [7, 11) is 1.38. The van der Waals surface area contributed by atoms with Crippen molar-refractivity contribution in [1.29, 1.82) is 0 Å². The second-order valence-electron chi connectivity index (χ2n) is 8.11. The molecule has 0 atom stereocenters. The molecule has 1 heterocycles. The van der Waals surface area contributed by atoms with E-state index >= 15 is 0 Å². The van der Waals surface area contributed by atoms with E-state index in [0.29, 0.717) is 12.0 Å². The van der Waals surface area contributed by atoms with Crippen molar-refractivity contribution in [2.75, 3.05) is 12.0 Å².